The number of aromatic hydroxyl groups is 1. The molecule has 2 aromatic rings. The molecule has 1 aromatic heterocycles. The van der Waals surface area contributed by atoms with Crippen LogP contribution in [0, 0.1) is 0 Å². The first kappa shape index (κ1) is 31.7. The molecule has 15 nitrogen and oxygen atoms in total. The number of nitrogens with two attached hydrogens (primary N) is 2. The van der Waals surface area contributed by atoms with Crippen LogP contribution in [0.25, 0.3) is 0 Å². The molecule has 0 aliphatic heterocycles. The molecule has 0 saturated carbocycles. The van der Waals surface area contributed by atoms with Gasteiger partial charge in [-0.05, 0) is 43.5 Å². The quantitative estimate of drug-likeness (QED) is 0.0990. The summed E-state index contributed by atoms with van der Waals surface area (Å²) in [5.74, 6) is -5.28. The number of unbranched alkanes of at least 4 members (excludes halogenated alkanes) is 1. The lowest BCUT2D eigenvalue weighted by Crippen LogP contribution is -2.58. The number of carbonyl (C=O) groups is 5. The van der Waals surface area contributed by atoms with Crippen LogP contribution in [-0.4, -0.2) is 85.7 Å². The number of phenolic OH excluding ortho intramolecular Hbond substituents is 1. The average Bonchev–Trinajstić information content (AvgIpc) is 3.41. The van der Waals surface area contributed by atoms with Crippen LogP contribution in [0.2, 0.25) is 0 Å². The Bertz CT molecular complexity index is 1140. The van der Waals surface area contributed by atoms with Gasteiger partial charge in [-0.1, -0.05) is 12.1 Å². The van der Waals surface area contributed by atoms with E-state index in [-0.39, 0.29) is 25.0 Å². The summed E-state index contributed by atoms with van der Waals surface area (Å²) >= 11 is 0. The number of nitrogens with one attached hydrogen (secondary N) is 4. The van der Waals surface area contributed by atoms with Gasteiger partial charge < -0.3 is 47.7 Å². The van der Waals surface area contributed by atoms with E-state index in [2.05, 4.69) is 25.9 Å². The first-order valence-corrected chi connectivity index (χ1v) is 12.6. The monoisotopic (exact) mass is 561 g/mol. The largest absolute Gasteiger partial charge is 0.508 e. The number of aromatic nitrogens is 2. The summed E-state index contributed by atoms with van der Waals surface area (Å²) in [6.07, 6.45) is 3.15. The van der Waals surface area contributed by atoms with Crippen molar-refractivity contribution >= 4 is 29.7 Å². The number of carbonyl (C=O) groups excluding carboxylic acids is 3. The van der Waals surface area contributed by atoms with Crippen LogP contribution in [0.4, 0.5) is 0 Å². The topological polar surface area (TPSA) is 263 Å². The highest BCUT2D eigenvalue weighted by Gasteiger charge is 2.31. The number of amides is 3. The van der Waals surface area contributed by atoms with Crippen LogP contribution in [0.15, 0.2) is 36.8 Å². The molecular weight excluding hydrogens is 526 g/mol. The highest BCUT2D eigenvalue weighted by molar-refractivity contribution is 5.94. The summed E-state index contributed by atoms with van der Waals surface area (Å²) in [7, 11) is 0. The van der Waals surface area contributed by atoms with Crippen LogP contribution in [-0.2, 0) is 36.8 Å². The van der Waals surface area contributed by atoms with Crippen molar-refractivity contribution in [3.05, 3.63) is 48.0 Å². The smallest absolute Gasteiger partial charge is 0.326 e. The van der Waals surface area contributed by atoms with Gasteiger partial charge in [0.15, 0.2) is 0 Å². The van der Waals surface area contributed by atoms with E-state index in [1.807, 2.05) is 0 Å². The van der Waals surface area contributed by atoms with Crippen molar-refractivity contribution in [2.24, 2.45) is 11.5 Å². The first-order valence-electron chi connectivity index (χ1n) is 12.6. The van der Waals surface area contributed by atoms with Crippen LogP contribution in [0.3, 0.4) is 0 Å². The van der Waals surface area contributed by atoms with Gasteiger partial charge in [0.05, 0.1) is 18.8 Å². The molecule has 0 fully saturated rings. The molecule has 15 heteroatoms. The molecule has 0 bridgehead atoms. The van der Waals surface area contributed by atoms with E-state index in [4.69, 9.17) is 16.6 Å². The molecule has 1 heterocycles. The van der Waals surface area contributed by atoms with Crippen molar-refractivity contribution in [1.82, 2.24) is 25.9 Å². The fourth-order valence-corrected chi connectivity index (χ4v) is 3.76. The Morgan fingerprint density at radius 2 is 1.50 bits per heavy atom. The van der Waals surface area contributed by atoms with E-state index in [0.29, 0.717) is 30.6 Å². The molecule has 1 aromatic carbocycles. The minimum absolute atomic E-state index is 0.00125. The molecule has 4 unspecified atom stereocenters. The number of benzene rings is 1. The average molecular weight is 562 g/mol. The van der Waals surface area contributed by atoms with Gasteiger partial charge in [0, 0.05) is 24.7 Å². The first-order chi connectivity index (χ1) is 19.0. The molecule has 0 aliphatic carbocycles. The van der Waals surface area contributed by atoms with Gasteiger partial charge >= 0.3 is 11.9 Å². The second-order valence-corrected chi connectivity index (χ2v) is 9.16. The Balaban J connectivity index is 2.23. The fraction of sp³-hybridized carbons (Fsp3) is 0.440. The lowest BCUT2D eigenvalue weighted by molar-refractivity contribution is -0.147. The number of aliphatic carboxylic acids is 2. The van der Waals surface area contributed by atoms with Crippen molar-refractivity contribution < 1.29 is 39.3 Å². The maximum Gasteiger partial charge on any atom is 0.326 e. The summed E-state index contributed by atoms with van der Waals surface area (Å²) < 4.78 is 0. The molecule has 3 amide bonds. The third kappa shape index (κ3) is 10.7. The van der Waals surface area contributed by atoms with Gasteiger partial charge in [-0.15, -0.1) is 0 Å². The van der Waals surface area contributed by atoms with Crippen LogP contribution < -0.4 is 27.4 Å². The van der Waals surface area contributed by atoms with Gasteiger partial charge in [0.1, 0.15) is 23.9 Å². The number of hydrogen-bond donors (Lipinski definition) is 9. The van der Waals surface area contributed by atoms with Crippen molar-refractivity contribution in [1.29, 1.82) is 0 Å². The zero-order valence-electron chi connectivity index (χ0n) is 21.7. The van der Waals surface area contributed by atoms with E-state index in [9.17, 15) is 34.2 Å². The number of aromatic amines is 1. The third-order valence-corrected chi connectivity index (χ3v) is 5.91. The highest BCUT2D eigenvalue weighted by atomic mass is 16.4. The SMILES string of the molecule is NCCCCC(NC(=O)C(Cc1ccc(O)cc1)NC(=O)C(N)Cc1cnc[nH]1)C(=O)NC(CC(=O)O)C(=O)O. The Morgan fingerprint density at radius 3 is 2.08 bits per heavy atom. The Kier molecular flexibility index (Phi) is 12.5. The van der Waals surface area contributed by atoms with Crippen molar-refractivity contribution in [2.45, 2.75) is 62.7 Å². The Morgan fingerprint density at radius 1 is 0.875 bits per heavy atom. The third-order valence-electron chi connectivity index (χ3n) is 5.91. The van der Waals surface area contributed by atoms with E-state index in [1.165, 1.54) is 24.7 Å². The van der Waals surface area contributed by atoms with Crippen LogP contribution in [0.5, 0.6) is 5.75 Å². The molecule has 0 saturated heterocycles. The number of carboxylic acids is 2. The lowest BCUT2D eigenvalue weighted by Gasteiger charge is -2.25. The van der Waals surface area contributed by atoms with E-state index in [0.717, 1.165) is 0 Å². The summed E-state index contributed by atoms with van der Waals surface area (Å²) in [5.41, 5.74) is 12.7. The maximum absolute atomic E-state index is 13.4. The van der Waals surface area contributed by atoms with Crippen molar-refractivity contribution in [3.63, 3.8) is 0 Å². The second-order valence-electron chi connectivity index (χ2n) is 9.16. The van der Waals surface area contributed by atoms with E-state index in [1.54, 1.807) is 12.1 Å². The second kappa shape index (κ2) is 15.8. The van der Waals surface area contributed by atoms with Gasteiger partial charge in [-0.25, -0.2) is 9.78 Å². The zero-order valence-corrected chi connectivity index (χ0v) is 21.7. The number of H-pyrrole nitrogens is 1. The number of carboxylic acid groups (broad SMARTS) is 2. The molecule has 0 spiro atoms. The summed E-state index contributed by atoms with van der Waals surface area (Å²) in [4.78, 5) is 68.4. The van der Waals surface area contributed by atoms with Gasteiger partial charge in [0.25, 0.3) is 0 Å². The minimum Gasteiger partial charge on any atom is -0.508 e. The molecular formula is C25H35N7O8. The standard InChI is InChI=1S/C25H35N7O8/c26-8-2-1-3-18(23(37)32-20(25(39)40)11-21(34)35)30-24(38)19(9-14-4-6-16(33)7-5-14)31-22(36)17(27)10-15-12-28-13-29-15/h4-7,12-13,17-20,33H,1-3,8-11,26-27H2,(H,28,29)(H,30,38)(H,31,36)(H,32,37)(H,34,35)(H,39,40). The number of phenols is 1. The normalized spacial score (nSPS) is 13.8. The molecule has 4 atom stereocenters. The molecule has 0 aliphatic rings. The van der Waals surface area contributed by atoms with E-state index < -0.39 is 60.2 Å². The van der Waals surface area contributed by atoms with E-state index >= 15 is 0 Å². The zero-order chi connectivity index (χ0) is 29.7. The molecule has 40 heavy (non-hydrogen) atoms. The maximum atomic E-state index is 13.4. The molecule has 0 radical (unpaired) electrons. The minimum atomic E-state index is -1.72. The van der Waals surface area contributed by atoms with Crippen molar-refractivity contribution in [3.8, 4) is 5.75 Å². The molecule has 218 valence electrons. The molecule has 11 N–H and O–H groups in total. The number of rotatable bonds is 17. The van der Waals surface area contributed by atoms with Crippen LogP contribution in [0.1, 0.15) is 36.9 Å². The summed E-state index contributed by atoms with van der Waals surface area (Å²) in [6, 6.07) is 0.735. The number of imidazole rings is 1. The van der Waals surface area contributed by atoms with Crippen LogP contribution >= 0.6 is 0 Å². The van der Waals surface area contributed by atoms with Gasteiger partial charge in [-0.2, -0.15) is 0 Å². The van der Waals surface area contributed by atoms with Gasteiger partial charge in [-0.3, -0.25) is 19.2 Å². The Labute approximate surface area is 229 Å². The predicted octanol–water partition coefficient (Wildman–Crippen LogP) is -1.63. The lowest BCUT2D eigenvalue weighted by atomic mass is 10.0. The highest BCUT2D eigenvalue weighted by Crippen LogP contribution is 2.12. The number of nitrogens with zero attached hydrogens (tertiary/aromatic N) is 1. The summed E-state index contributed by atoms with van der Waals surface area (Å²) in [6.45, 7) is 0.312. The molecule has 2 rings (SSSR count). The number of hydrogen-bond acceptors (Lipinski definition) is 9. The Hall–Kier alpha value is -4.50. The fourth-order valence-electron chi connectivity index (χ4n) is 3.76. The van der Waals surface area contributed by atoms with Crippen molar-refractivity contribution in [2.75, 3.05) is 6.54 Å². The predicted molar refractivity (Wildman–Crippen MR) is 141 cm³/mol. The summed E-state index contributed by atoms with van der Waals surface area (Å²) in [5, 5.41) is 35.1. The van der Waals surface area contributed by atoms with Gasteiger partial charge in [0.2, 0.25) is 17.7 Å².